The Balaban J connectivity index is 1.89. The van der Waals surface area contributed by atoms with Crippen LogP contribution in [0.5, 0.6) is 0 Å². The van der Waals surface area contributed by atoms with Crippen molar-refractivity contribution >= 4 is 23.3 Å². The van der Waals surface area contributed by atoms with E-state index < -0.39 is 0 Å². The van der Waals surface area contributed by atoms with E-state index in [1.165, 1.54) is 11.9 Å². The van der Waals surface area contributed by atoms with Gasteiger partial charge in [0.1, 0.15) is 12.4 Å². The van der Waals surface area contributed by atoms with Crippen molar-refractivity contribution in [3.8, 4) is 0 Å². The molecule has 3 heterocycles. The lowest BCUT2D eigenvalue weighted by atomic mass is 10.1. The molecule has 3 amide bonds. The summed E-state index contributed by atoms with van der Waals surface area (Å²) in [5.74, 6) is 0.869. The normalized spacial score (nSPS) is 18.8. The second kappa shape index (κ2) is 4.54. The molecule has 7 heteroatoms. The molecule has 4 rings (SSSR count). The number of hydrogen-bond donors (Lipinski definition) is 1. The molecule has 0 spiro atoms. The predicted octanol–water partition coefficient (Wildman–Crippen LogP) is 1.10. The van der Waals surface area contributed by atoms with Crippen LogP contribution in [0.1, 0.15) is 30.0 Å². The standard InChI is InChI=1S/C15H16N4O3/c1-17-14(21)7-18(15(17)22)13-5-10(9-2-3-9)4-12-6-11(8-20)16-19(12)13/h4-6,9,20H,2-3,7-8H2,1H3. The van der Waals surface area contributed by atoms with E-state index in [1.807, 2.05) is 18.2 Å². The molecule has 1 aliphatic heterocycles. The van der Waals surface area contributed by atoms with Gasteiger partial charge in [0.2, 0.25) is 0 Å². The molecule has 0 aromatic carbocycles. The van der Waals surface area contributed by atoms with E-state index in [4.69, 9.17) is 0 Å². The van der Waals surface area contributed by atoms with Crippen LogP contribution in [0, 0.1) is 0 Å². The van der Waals surface area contributed by atoms with Crippen LogP contribution in [0.15, 0.2) is 18.2 Å². The number of aliphatic hydroxyl groups is 1. The zero-order valence-corrected chi connectivity index (χ0v) is 12.2. The number of nitrogens with zero attached hydrogens (tertiary/aromatic N) is 4. The third-order valence-electron chi connectivity index (χ3n) is 4.29. The molecule has 1 aliphatic carbocycles. The molecular formula is C15H16N4O3. The van der Waals surface area contributed by atoms with E-state index in [-0.39, 0.29) is 25.1 Å². The van der Waals surface area contributed by atoms with Gasteiger partial charge in [-0.05, 0) is 42.5 Å². The number of likely N-dealkylation sites (N-methyl/N-ethyl adjacent to an activating group) is 1. The number of anilines is 1. The maximum Gasteiger partial charge on any atom is 0.332 e. The Morgan fingerprint density at radius 2 is 2.05 bits per heavy atom. The SMILES string of the molecule is CN1C(=O)CN(c2cc(C3CC3)cc3cc(CO)nn23)C1=O. The Morgan fingerprint density at radius 3 is 2.64 bits per heavy atom. The van der Waals surface area contributed by atoms with Crippen LogP contribution in [0.4, 0.5) is 10.6 Å². The lowest BCUT2D eigenvalue weighted by molar-refractivity contribution is -0.123. The fraction of sp³-hybridized carbons (Fsp3) is 0.400. The van der Waals surface area contributed by atoms with Gasteiger partial charge in [0.15, 0.2) is 0 Å². The van der Waals surface area contributed by atoms with Gasteiger partial charge < -0.3 is 5.11 Å². The van der Waals surface area contributed by atoms with E-state index in [1.54, 1.807) is 4.52 Å². The zero-order valence-electron chi connectivity index (χ0n) is 12.2. The molecule has 2 aromatic rings. The number of aromatic nitrogens is 2. The highest BCUT2D eigenvalue weighted by Gasteiger charge is 2.36. The largest absolute Gasteiger partial charge is 0.390 e. The number of rotatable bonds is 3. The van der Waals surface area contributed by atoms with Crippen LogP contribution in [0.2, 0.25) is 0 Å². The van der Waals surface area contributed by atoms with E-state index in [0.29, 0.717) is 17.4 Å². The van der Waals surface area contributed by atoms with Crippen molar-refractivity contribution in [1.82, 2.24) is 14.5 Å². The van der Waals surface area contributed by atoms with Crippen molar-refractivity contribution in [3.05, 3.63) is 29.5 Å². The average Bonchev–Trinajstić information content (AvgIpc) is 3.23. The van der Waals surface area contributed by atoms with Gasteiger partial charge in [-0.1, -0.05) is 0 Å². The second-order valence-electron chi connectivity index (χ2n) is 5.87. The molecule has 0 radical (unpaired) electrons. The molecule has 0 unspecified atom stereocenters. The van der Waals surface area contributed by atoms with Crippen LogP contribution in [0.3, 0.4) is 0 Å². The Kier molecular flexibility index (Phi) is 2.74. The van der Waals surface area contributed by atoms with Gasteiger partial charge in [-0.25, -0.2) is 9.31 Å². The summed E-state index contributed by atoms with van der Waals surface area (Å²) in [6.45, 7) is -0.139. The van der Waals surface area contributed by atoms with E-state index in [9.17, 15) is 14.7 Å². The minimum absolute atomic E-state index is 0.0207. The quantitative estimate of drug-likeness (QED) is 0.861. The summed E-state index contributed by atoms with van der Waals surface area (Å²) in [5, 5.41) is 13.6. The third-order valence-corrected chi connectivity index (χ3v) is 4.29. The number of imide groups is 1. The topological polar surface area (TPSA) is 78.2 Å². The van der Waals surface area contributed by atoms with Crippen molar-refractivity contribution < 1.29 is 14.7 Å². The summed E-state index contributed by atoms with van der Waals surface area (Å²) in [7, 11) is 1.48. The first-order valence-corrected chi connectivity index (χ1v) is 7.30. The number of carbonyl (C=O) groups is 2. The van der Waals surface area contributed by atoms with Gasteiger partial charge in [0.25, 0.3) is 5.91 Å². The molecule has 1 saturated carbocycles. The maximum absolute atomic E-state index is 12.3. The van der Waals surface area contributed by atoms with Crippen LogP contribution in [-0.2, 0) is 11.4 Å². The lowest BCUT2D eigenvalue weighted by Gasteiger charge is -2.17. The molecule has 22 heavy (non-hydrogen) atoms. The minimum atomic E-state index is -0.347. The zero-order chi connectivity index (χ0) is 15.4. The summed E-state index contributed by atoms with van der Waals surface area (Å²) in [6, 6.07) is 5.43. The Hall–Kier alpha value is -2.41. The Bertz CT molecular complexity index is 793. The predicted molar refractivity (Wildman–Crippen MR) is 78.6 cm³/mol. The van der Waals surface area contributed by atoms with Crippen LogP contribution >= 0.6 is 0 Å². The first-order valence-electron chi connectivity index (χ1n) is 7.30. The lowest BCUT2D eigenvalue weighted by Crippen LogP contribution is -2.31. The minimum Gasteiger partial charge on any atom is -0.390 e. The number of fused-ring (bicyclic) bond motifs is 1. The third kappa shape index (κ3) is 1.89. The molecule has 7 nitrogen and oxygen atoms in total. The number of hydrogen-bond acceptors (Lipinski definition) is 4. The number of aliphatic hydroxyl groups excluding tert-OH is 1. The number of carbonyl (C=O) groups excluding carboxylic acids is 2. The van der Waals surface area contributed by atoms with Crippen LogP contribution in [0.25, 0.3) is 5.52 Å². The molecule has 114 valence electrons. The van der Waals surface area contributed by atoms with Crippen molar-refractivity contribution in [2.24, 2.45) is 0 Å². The molecule has 2 aliphatic rings. The molecule has 2 aromatic heterocycles. The Labute approximate surface area is 126 Å². The maximum atomic E-state index is 12.3. The van der Waals surface area contributed by atoms with Gasteiger partial charge >= 0.3 is 6.03 Å². The monoisotopic (exact) mass is 300 g/mol. The number of amides is 3. The van der Waals surface area contributed by atoms with Crippen molar-refractivity contribution in [1.29, 1.82) is 0 Å². The molecular weight excluding hydrogens is 284 g/mol. The van der Waals surface area contributed by atoms with Crippen LogP contribution < -0.4 is 4.90 Å². The van der Waals surface area contributed by atoms with Gasteiger partial charge in [0.05, 0.1) is 17.8 Å². The van der Waals surface area contributed by atoms with Crippen molar-refractivity contribution in [2.75, 3.05) is 18.5 Å². The van der Waals surface area contributed by atoms with E-state index >= 15 is 0 Å². The van der Waals surface area contributed by atoms with E-state index in [0.717, 1.165) is 28.8 Å². The fourth-order valence-corrected chi connectivity index (χ4v) is 2.85. The second-order valence-corrected chi connectivity index (χ2v) is 5.87. The van der Waals surface area contributed by atoms with Crippen molar-refractivity contribution in [2.45, 2.75) is 25.4 Å². The molecule has 1 N–H and O–H groups in total. The summed E-state index contributed by atoms with van der Waals surface area (Å²) in [6.07, 6.45) is 2.28. The first-order chi connectivity index (χ1) is 10.6. The van der Waals surface area contributed by atoms with E-state index in [2.05, 4.69) is 5.10 Å². The van der Waals surface area contributed by atoms with Gasteiger partial charge in [-0.2, -0.15) is 5.10 Å². The highest BCUT2D eigenvalue weighted by molar-refractivity contribution is 6.11. The molecule has 1 saturated heterocycles. The average molecular weight is 300 g/mol. The molecule has 0 atom stereocenters. The van der Waals surface area contributed by atoms with Gasteiger partial charge in [-0.3, -0.25) is 14.6 Å². The molecule has 2 fully saturated rings. The smallest absolute Gasteiger partial charge is 0.332 e. The molecule has 0 bridgehead atoms. The van der Waals surface area contributed by atoms with Gasteiger partial charge in [-0.15, -0.1) is 0 Å². The Morgan fingerprint density at radius 1 is 1.27 bits per heavy atom. The summed E-state index contributed by atoms with van der Waals surface area (Å²) in [4.78, 5) is 26.6. The highest BCUT2D eigenvalue weighted by Crippen LogP contribution is 2.42. The van der Waals surface area contributed by atoms with Crippen LogP contribution in [-0.4, -0.2) is 45.2 Å². The summed E-state index contributed by atoms with van der Waals surface area (Å²) >= 11 is 0. The number of urea groups is 1. The highest BCUT2D eigenvalue weighted by atomic mass is 16.3. The summed E-state index contributed by atoms with van der Waals surface area (Å²) in [5.41, 5.74) is 2.53. The first kappa shape index (κ1) is 13.3. The fourth-order valence-electron chi connectivity index (χ4n) is 2.85. The number of pyridine rings is 1. The van der Waals surface area contributed by atoms with Crippen molar-refractivity contribution in [3.63, 3.8) is 0 Å². The van der Waals surface area contributed by atoms with Gasteiger partial charge in [0, 0.05) is 7.05 Å². The summed E-state index contributed by atoms with van der Waals surface area (Å²) < 4.78 is 1.63.